The number of imidazole rings is 1. The highest BCUT2D eigenvalue weighted by Gasteiger charge is 2.32. The third-order valence-corrected chi connectivity index (χ3v) is 3.07. The number of ether oxygens (including phenoxy) is 1. The Kier molecular flexibility index (Phi) is 3.04. The molecule has 0 saturated carbocycles. The van der Waals surface area contributed by atoms with E-state index in [2.05, 4.69) is 15.0 Å². The number of nitrogens with one attached hydrogen (secondary N) is 1. The van der Waals surface area contributed by atoms with Gasteiger partial charge in [-0.15, -0.1) is 0 Å². The maximum absolute atomic E-state index is 12.3. The van der Waals surface area contributed by atoms with Crippen LogP contribution >= 0.6 is 0 Å². The summed E-state index contributed by atoms with van der Waals surface area (Å²) in [4.78, 5) is 25.2. The zero-order valence-corrected chi connectivity index (χ0v) is 10.5. The van der Waals surface area contributed by atoms with Gasteiger partial charge in [0.2, 0.25) is 5.76 Å². The van der Waals surface area contributed by atoms with Crippen LogP contribution in [0.1, 0.15) is 28.1 Å². The van der Waals surface area contributed by atoms with Crippen molar-refractivity contribution in [3.8, 4) is 0 Å². The van der Waals surface area contributed by atoms with Gasteiger partial charge in [-0.25, -0.2) is 9.97 Å². The Balaban J connectivity index is 1.87. The molecule has 0 spiro atoms. The van der Waals surface area contributed by atoms with Crippen LogP contribution in [0.25, 0.3) is 0 Å². The van der Waals surface area contributed by atoms with E-state index in [4.69, 9.17) is 9.15 Å². The van der Waals surface area contributed by atoms with Crippen LogP contribution < -0.4 is 0 Å². The normalized spacial score (nSPS) is 19.6. The number of aromatic nitrogens is 3. The van der Waals surface area contributed by atoms with Gasteiger partial charge in [-0.2, -0.15) is 0 Å². The minimum absolute atomic E-state index is 0.195. The molecule has 2 aromatic heterocycles. The highest BCUT2D eigenvalue weighted by Crippen LogP contribution is 2.23. The van der Waals surface area contributed by atoms with E-state index >= 15 is 0 Å². The van der Waals surface area contributed by atoms with E-state index in [1.54, 1.807) is 11.1 Å². The lowest BCUT2D eigenvalue weighted by Gasteiger charge is -2.33. The Labute approximate surface area is 109 Å². The van der Waals surface area contributed by atoms with Crippen LogP contribution in [0.4, 0.5) is 0 Å². The molecule has 7 heteroatoms. The second kappa shape index (κ2) is 4.85. The van der Waals surface area contributed by atoms with Crippen molar-refractivity contribution in [3.63, 3.8) is 0 Å². The molecule has 0 aromatic carbocycles. The lowest BCUT2D eigenvalue weighted by atomic mass is 10.2. The molecule has 1 saturated heterocycles. The van der Waals surface area contributed by atoms with E-state index in [1.165, 1.54) is 12.6 Å². The average Bonchev–Trinajstić information content (AvgIpc) is 3.09. The molecule has 0 aliphatic carbocycles. The SMILES string of the molecule is Cc1cnc([C@@H]2COCCN2C(=O)c2cnco2)[nH]1. The van der Waals surface area contributed by atoms with E-state index < -0.39 is 0 Å². The molecule has 3 rings (SSSR count). The quantitative estimate of drug-likeness (QED) is 0.870. The van der Waals surface area contributed by atoms with Crippen LogP contribution in [0, 0.1) is 6.92 Å². The molecule has 0 bridgehead atoms. The summed E-state index contributed by atoms with van der Waals surface area (Å²) in [5, 5.41) is 0. The molecule has 1 fully saturated rings. The summed E-state index contributed by atoms with van der Waals surface area (Å²) in [7, 11) is 0. The van der Waals surface area contributed by atoms with Crippen molar-refractivity contribution in [2.24, 2.45) is 0 Å². The molecule has 2 aromatic rings. The van der Waals surface area contributed by atoms with E-state index in [1.807, 2.05) is 6.92 Å². The molecule has 0 radical (unpaired) electrons. The van der Waals surface area contributed by atoms with Gasteiger partial charge in [-0.05, 0) is 6.92 Å². The molecule has 19 heavy (non-hydrogen) atoms. The van der Waals surface area contributed by atoms with Gasteiger partial charge < -0.3 is 19.0 Å². The monoisotopic (exact) mass is 262 g/mol. The number of rotatable bonds is 2. The molecule has 0 unspecified atom stereocenters. The van der Waals surface area contributed by atoms with Gasteiger partial charge in [0, 0.05) is 18.4 Å². The minimum atomic E-state index is -0.222. The molecule has 100 valence electrons. The molecule has 1 atom stereocenters. The number of morpholine rings is 1. The van der Waals surface area contributed by atoms with Gasteiger partial charge in [0.1, 0.15) is 11.9 Å². The average molecular weight is 262 g/mol. The number of carbonyl (C=O) groups is 1. The molecule has 1 amide bonds. The number of aryl methyl sites for hydroxylation is 1. The summed E-state index contributed by atoms with van der Waals surface area (Å²) < 4.78 is 10.5. The van der Waals surface area contributed by atoms with Crippen molar-refractivity contribution < 1.29 is 13.9 Å². The number of nitrogens with zero attached hydrogens (tertiary/aromatic N) is 3. The Bertz CT molecular complexity index is 563. The third kappa shape index (κ3) is 2.24. The fourth-order valence-corrected chi connectivity index (χ4v) is 2.14. The fourth-order valence-electron chi connectivity index (χ4n) is 2.14. The molecule has 3 heterocycles. The first-order valence-electron chi connectivity index (χ1n) is 6.04. The summed E-state index contributed by atoms with van der Waals surface area (Å²) in [6.07, 6.45) is 4.41. The first-order valence-corrected chi connectivity index (χ1v) is 6.04. The first kappa shape index (κ1) is 11.9. The number of amides is 1. The van der Waals surface area contributed by atoms with Gasteiger partial charge in [0.15, 0.2) is 6.39 Å². The van der Waals surface area contributed by atoms with E-state index in [-0.39, 0.29) is 17.7 Å². The number of hydrogen-bond donors (Lipinski definition) is 1. The van der Waals surface area contributed by atoms with Crippen LogP contribution in [0.2, 0.25) is 0 Å². The van der Waals surface area contributed by atoms with Crippen molar-refractivity contribution in [2.75, 3.05) is 19.8 Å². The largest absolute Gasteiger partial charge is 0.438 e. The Hall–Kier alpha value is -2.15. The zero-order valence-electron chi connectivity index (χ0n) is 10.5. The molecule has 1 aliphatic heterocycles. The van der Waals surface area contributed by atoms with E-state index in [0.29, 0.717) is 19.8 Å². The molecular formula is C12H14N4O3. The number of hydrogen-bond acceptors (Lipinski definition) is 5. The van der Waals surface area contributed by atoms with Gasteiger partial charge in [-0.1, -0.05) is 0 Å². The molecule has 1 aliphatic rings. The highest BCUT2D eigenvalue weighted by molar-refractivity contribution is 5.91. The second-order valence-electron chi connectivity index (χ2n) is 4.41. The molecule has 1 N–H and O–H groups in total. The fraction of sp³-hybridized carbons (Fsp3) is 0.417. The topological polar surface area (TPSA) is 84.2 Å². The maximum Gasteiger partial charge on any atom is 0.292 e. The smallest absolute Gasteiger partial charge is 0.292 e. The minimum Gasteiger partial charge on any atom is -0.438 e. The van der Waals surface area contributed by atoms with Gasteiger partial charge in [-0.3, -0.25) is 4.79 Å². The first-order chi connectivity index (χ1) is 9.25. The Morgan fingerprint density at radius 3 is 3.11 bits per heavy atom. The van der Waals surface area contributed by atoms with Crippen molar-refractivity contribution in [3.05, 3.63) is 36.1 Å². The predicted molar refractivity (Wildman–Crippen MR) is 64.4 cm³/mol. The van der Waals surface area contributed by atoms with Crippen LogP contribution in [0.15, 0.2) is 23.2 Å². The van der Waals surface area contributed by atoms with Crippen LogP contribution in [-0.4, -0.2) is 45.5 Å². The van der Waals surface area contributed by atoms with E-state index in [0.717, 1.165) is 11.5 Å². The van der Waals surface area contributed by atoms with Crippen LogP contribution in [0.3, 0.4) is 0 Å². The van der Waals surface area contributed by atoms with Crippen molar-refractivity contribution in [1.29, 1.82) is 0 Å². The Morgan fingerprint density at radius 2 is 2.42 bits per heavy atom. The Morgan fingerprint density at radius 1 is 1.53 bits per heavy atom. The third-order valence-electron chi connectivity index (χ3n) is 3.07. The second-order valence-corrected chi connectivity index (χ2v) is 4.41. The maximum atomic E-state index is 12.3. The predicted octanol–water partition coefficient (Wildman–Crippen LogP) is 0.920. The summed E-state index contributed by atoms with van der Waals surface area (Å²) in [5.74, 6) is 0.764. The summed E-state index contributed by atoms with van der Waals surface area (Å²) in [6, 6.07) is -0.222. The number of oxazole rings is 1. The highest BCUT2D eigenvalue weighted by atomic mass is 16.5. The lowest BCUT2D eigenvalue weighted by Crippen LogP contribution is -2.43. The lowest BCUT2D eigenvalue weighted by molar-refractivity contribution is -0.00653. The van der Waals surface area contributed by atoms with Crippen molar-refractivity contribution in [1.82, 2.24) is 19.9 Å². The summed E-state index contributed by atoms with van der Waals surface area (Å²) in [6.45, 7) is 3.36. The summed E-state index contributed by atoms with van der Waals surface area (Å²) in [5.41, 5.74) is 0.952. The summed E-state index contributed by atoms with van der Waals surface area (Å²) >= 11 is 0. The van der Waals surface area contributed by atoms with Gasteiger partial charge in [0.25, 0.3) is 5.91 Å². The van der Waals surface area contributed by atoms with Crippen LogP contribution in [0.5, 0.6) is 0 Å². The van der Waals surface area contributed by atoms with Gasteiger partial charge in [0.05, 0.1) is 19.4 Å². The standard InChI is InChI=1S/C12H14N4O3/c1-8-4-14-11(15-8)9-6-18-3-2-16(9)12(17)10-5-13-7-19-10/h4-5,7,9H,2-3,6H2,1H3,(H,14,15)/t9-/m0/s1. The van der Waals surface area contributed by atoms with Crippen molar-refractivity contribution >= 4 is 5.91 Å². The molecular weight excluding hydrogens is 248 g/mol. The van der Waals surface area contributed by atoms with Gasteiger partial charge >= 0.3 is 0 Å². The zero-order chi connectivity index (χ0) is 13.2. The van der Waals surface area contributed by atoms with Crippen LogP contribution in [-0.2, 0) is 4.74 Å². The number of aromatic amines is 1. The number of H-pyrrole nitrogens is 1. The van der Waals surface area contributed by atoms with E-state index in [9.17, 15) is 4.79 Å². The van der Waals surface area contributed by atoms with Crippen molar-refractivity contribution in [2.45, 2.75) is 13.0 Å². The molecule has 7 nitrogen and oxygen atoms in total. The number of carbonyl (C=O) groups excluding carboxylic acids is 1.